The molecule has 4 rings (SSSR count). The highest BCUT2D eigenvalue weighted by atomic mass is 19.1. The van der Waals surface area contributed by atoms with Crippen LogP contribution in [-0.4, -0.2) is 37.0 Å². The van der Waals surface area contributed by atoms with Gasteiger partial charge in [-0.3, -0.25) is 9.69 Å². The van der Waals surface area contributed by atoms with Crippen LogP contribution in [0.1, 0.15) is 37.6 Å². The zero-order valence-electron chi connectivity index (χ0n) is 16.5. The van der Waals surface area contributed by atoms with Crippen molar-refractivity contribution in [3.8, 4) is 5.69 Å². The molecule has 154 valence electrons. The number of tetrazole rings is 1. The van der Waals surface area contributed by atoms with E-state index in [2.05, 4.69) is 20.8 Å². The number of unbranched alkanes of at least 4 members (excludes halogenated alkanes) is 1. The third kappa shape index (κ3) is 3.42. The second-order valence-corrected chi connectivity index (χ2v) is 7.18. The fourth-order valence-electron chi connectivity index (χ4n) is 3.67. The summed E-state index contributed by atoms with van der Waals surface area (Å²) in [6.45, 7) is 1.92. The molecule has 8 nitrogen and oxygen atoms in total. The van der Waals surface area contributed by atoms with Crippen molar-refractivity contribution in [2.45, 2.75) is 38.3 Å². The van der Waals surface area contributed by atoms with Crippen LogP contribution >= 0.6 is 0 Å². The van der Waals surface area contributed by atoms with Gasteiger partial charge >= 0.3 is 6.03 Å². The Bertz CT molecular complexity index is 1050. The first-order chi connectivity index (χ1) is 14.5. The summed E-state index contributed by atoms with van der Waals surface area (Å²) in [7, 11) is 0. The van der Waals surface area contributed by atoms with Gasteiger partial charge in [-0.05, 0) is 46.7 Å². The minimum Gasteiger partial charge on any atom is -0.319 e. The number of nitrogens with one attached hydrogen (secondary N) is 1. The molecule has 1 aliphatic rings. The van der Waals surface area contributed by atoms with Crippen molar-refractivity contribution in [2.24, 2.45) is 0 Å². The summed E-state index contributed by atoms with van der Waals surface area (Å²) in [5.41, 5.74) is 0.0485. The number of nitrogens with zero attached hydrogens (tertiary/aromatic N) is 5. The maximum atomic E-state index is 13.5. The minimum absolute atomic E-state index is 0.0817. The van der Waals surface area contributed by atoms with Gasteiger partial charge < -0.3 is 5.32 Å². The first-order valence-electron chi connectivity index (χ1n) is 9.78. The SMILES string of the molecule is CCCC[C@]1(c2ccc(F)cc2)NC(=O)N(Cc2nnnn2-c2ccccc2)C1=O. The van der Waals surface area contributed by atoms with E-state index in [9.17, 15) is 14.0 Å². The van der Waals surface area contributed by atoms with Gasteiger partial charge in [-0.2, -0.15) is 4.68 Å². The van der Waals surface area contributed by atoms with Gasteiger partial charge in [0.25, 0.3) is 5.91 Å². The Kier molecular flexibility index (Phi) is 5.26. The largest absolute Gasteiger partial charge is 0.325 e. The van der Waals surface area contributed by atoms with E-state index in [4.69, 9.17) is 0 Å². The molecule has 1 aromatic heterocycles. The van der Waals surface area contributed by atoms with Gasteiger partial charge in [0.05, 0.1) is 12.2 Å². The normalized spacial score (nSPS) is 18.7. The highest BCUT2D eigenvalue weighted by molar-refractivity contribution is 6.07. The van der Waals surface area contributed by atoms with Crippen molar-refractivity contribution < 1.29 is 14.0 Å². The number of aromatic nitrogens is 4. The summed E-state index contributed by atoms with van der Waals surface area (Å²) >= 11 is 0. The van der Waals surface area contributed by atoms with Crippen molar-refractivity contribution in [1.29, 1.82) is 0 Å². The minimum atomic E-state index is -1.23. The summed E-state index contributed by atoms with van der Waals surface area (Å²) in [5, 5.41) is 14.5. The molecule has 0 bridgehead atoms. The average Bonchev–Trinajstić information content (AvgIpc) is 3.32. The molecule has 3 amide bonds. The summed E-state index contributed by atoms with van der Waals surface area (Å²) in [6.07, 6.45) is 1.98. The smallest absolute Gasteiger partial charge is 0.319 e. The van der Waals surface area contributed by atoms with Gasteiger partial charge in [-0.15, -0.1) is 5.10 Å². The number of benzene rings is 2. The topological polar surface area (TPSA) is 93.0 Å². The number of carbonyl (C=O) groups excluding carboxylic acids is 2. The van der Waals surface area contributed by atoms with E-state index in [1.54, 1.807) is 12.1 Å². The maximum absolute atomic E-state index is 13.5. The highest BCUT2D eigenvalue weighted by Gasteiger charge is 2.52. The zero-order chi connectivity index (χ0) is 21.1. The van der Waals surface area contributed by atoms with Crippen LogP contribution in [0.2, 0.25) is 0 Å². The molecule has 2 heterocycles. The Morgan fingerprint density at radius 3 is 2.50 bits per heavy atom. The first kappa shape index (κ1) is 19.7. The number of carbonyl (C=O) groups is 2. The molecule has 0 saturated carbocycles. The van der Waals surface area contributed by atoms with Crippen LogP contribution in [0.4, 0.5) is 9.18 Å². The molecule has 30 heavy (non-hydrogen) atoms. The number of imide groups is 1. The number of halogens is 1. The standard InChI is InChI=1S/C21H21FN6O2/c1-2-3-13-21(15-9-11-16(22)12-10-15)19(29)27(20(30)23-21)14-18-24-25-26-28(18)17-7-5-4-6-8-17/h4-12H,2-3,13-14H2,1H3,(H,23,30)/t21-/m1/s1. The molecule has 9 heteroatoms. The molecular formula is C21H21FN6O2. The Labute approximate surface area is 172 Å². The predicted octanol–water partition coefficient (Wildman–Crippen LogP) is 2.94. The van der Waals surface area contributed by atoms with Crippen molar-refractivity contribution in [1.82, 2.24) is 30.4 Å². The third-order valence-electron chi connectivity index (χ3n) is 5.25. The number of rotatable bonds is 7. The van der Waals surface area contributed by atoms with E-state index in [-0.39, 0.29) is 6.54 Å². The molecule has 1 atom stereocenters. The molecule has 0 aliphatic carbocycles. The molecule has 0 unspecified atom stereocenters. The van der Waals surface area contributed by atoms with E-state index in [1.807, 2.05) is 37.3 Å². The van der Waals surface area contributed by atoms with Crippen LogP contribution in [0.15, 0.2) is 54.6 Å². The quantitative estimate of drug-likeness (QED) is 0.607. The molecule has 2 aromatic carbocycles. The second-order valence-electron chi connectivity index (χ2n) is 7.18. The van der Waals surface area contributed by atoms with Crippen molar-refractivity contribution in [2.75, 3.05) is 0 Å². The van der Waals surface area contributed by atoms with Crippen LogP contribution in [-0.2, 0) is 16.9 Å². The summed E-state index contributed by atoms with van der Waals surface area (Å²) < 4.78 is 14.9. The highest BCUT2D eigenvalue weighted by Crippen LogP contribution is 2.35. The molecular weight excluding hydrogens is 387 g/mol. The average molecular weight is 408 g/mol. The summed E-state index contributed by atoms with van der Waals surface area (Å²) in [4.78, 5) is 27.4. The fraction of sp³-hybridized carbons (Fsp3) is 0.286. The second kappa shape index (κ2) is 8.02. The molecule has 1 aliphatic heterocycles. The molecule has 0 radical (unpaired) electrons. The van der Waals surface area contributed by atoms with E-state index in [0.29, 0.717) is 17.8 Å². The van der Waals surface area contributed by atoms with Crippen molar-refractivity contribution >= 4 is 11.9 Å². The van der Waals surface area contributed by atoms with E-state index >= 15 is 0 Å². The van der Waals surface area contributed by atoms with Crippen LogP contribution < -0.4 is 5.32 Å². The van der Waals surface area contributed by atoms with Crippen molar-refractivity contribution in [3.05, 3.63) is 71.8 Å². The number of hydrogen-bond donors (Lipinski definition) is 1. The van der Waals surface area contributed by atoms with E-state index in [1.165, 1.54) is 16.8 Å². The predicted molar refractivity (Wildman–Crippen MR) is 106 cm³/mol. The van der Waals surface area contributed by atoms with Crippen LogP contribution in [0.5, 0.6) is 0 Å². The third-order valence-corrected chi connectivity index (χ3v) is 5.25. The number of hydrogen-bond acceptors (Lipinski definition) is 5. The molecule has 1 fully saturated rings. The lowest BCUT2D eigenvalue weighted by Crippen LogP contribution is -2.44. The molecule has 0 spiro atoms. The van der Waals surface area contributed by atoms with E-state index in [0.717, 1.165) is 23.4 Å². The molecule has 3 aromatic rings. The number of para-hydroxylation sites is 1. The first-order valence-corrected chi connectivity index (χ1v) is 9.78. The number of urea groups is 1. The molecule has 1 N–H and O–H groups in total. The van der Waals surface area contributed by atoms with Gasteiger partial charge in [0.2, 0.25) is 0 Å². The van der Waals surface area contributed by atoms with Gasteiger partial charge in [0.15, 0.2) is 5.82 Å². The Morgan fingerprint density at radius 1 is 1.07 bits per heavy atom. The van der Waals surface area contributed by atoms with Gasteiger partial charge in [-0.25, -0.2) is 9.18 Å². The van der Waals surface area contributed by atoms with Crippen LogP contribution in [0, 0.1) is 5.82 Å². The fourth-order valence-corrected chi connectivity index (χ4v) is 3.67. The van der Waals surface area contributed by atoms with Crippen molar-refractivity contribution in [3.63, 3.8) is 0 Å². The lowest BCUT2D eigenvalue weighted by atomic mass is 9.85. The zero-order valence-corrected chi connectivity index (χ0v) is 16.5. The lowest BCUT2D eigenvalue weighted by Gasteiger charge is -2.27. The van der Waals surface area contributed by atoms with Crippen LogP contribution in [0.3, 0.4) is 0 Å². The van der Waals surface area contributed by atoms with Gasteiger partial charge in [0, 0.05) is 0 Å². The Balaban J connectivity index is 1.66. The Morgan fingerprint density at radius 2 is 1.80 bits per heavy atom. The van der Waals surface area contributed by atoms with Crippen LogP contribution in [0.25, 0.3) is 5.69 Å². The maximum Gasteiger partial charge on any atom is 0.325 e. The lowest BCUT2D eigenvalue weighted by molar-refractivity contribution is -0.132. The molecule has 1 saturated heterocycles. The number of amides is 3. The van der Waals surface area contributed by atoms with E-state index < -0.39 is 23.3 Å². The van der Waals surface area contributed by atoms with Gasteiger partial charge in [-0.1, -0.05) is 50.1 Å². The Hall–Kier alpha value is -3.62. The van der Waals surface area contributed by atoms with Gasteiger partial charge in [0.1, 0.15) is 11.4 Å². The monoisotopic (exact) mass is 408 g/mol. The summed E-state index contributed by atoms with van der Waals surface area (Å²) in [5.74, 6) is -0.440. The summed E-state index contributed by atoms with van der Waals surface area (Å²) in [6, 6.07) is 14.4.